The van der Waals surface area contributed by atoms with Gasteiger partial charge in [-0.3, -0.25) is 4.79 Å². The molecule has 0 unspecified atom stereocenters. The highest BCUT2D eigenvalue weighted by Gasteiger charge is 2.15. The number of carboxylic acid groups (broad SMARTS) is 1. The van der Waals surface area contributed by atoms with E-state index in [0.717, 1.165) is 12.8 Å². The molecule has 1 amide bonds. The van der Waals surface area contributed by atoms with Crippen molar-refractivity contribution < 1.29 is 14.7 Å². The first kappa shape index (κ1) is 11.3. The summed E-state index contributed by atoms with van der Waals surface area (Å²) in [6, 6.07) is 2.93. The molecule has 88 valence electrons. The number of nitrogens with zero attached hydrogens (tertiary/aromatic N) is 1. The molecule has 0 atom stereocenters. The van der Waals surface area contributed by atoms with Crippen molar-refractivity contribution in [3.8, 4) is 0 Å². The Morgan fingerprint density at radius 2 is 2.00 bits per heavy atom. The van der Waals surface area contributed by atoms with Crippen molar-refractivity contribution in [3.05, 3.63) is 41.7 Å². The lowest BCUT2D eigenvalue weighted by Crippen LogP contribution is -2.32. The van der Waals surface area contributed by atoms with Crippen LogP contribution in [0.4, 0.5) is 0 Å². The predicted octanol–water partition coefficient (Wildman–Crippen LogP) is 1.23. The quantitative estimate of drug-likeness (QED) is 0.768. The molecule has 5 heteroatoms. The smallest absolute Gasteiger partial charge is 0.354 e. The number of carboxylic acids is 1. The lowest BCUT2D eigenvalue weighted by molar-refractivity contribution is 0.0689. The van der Waals surface area contributed by atoms with Crippen LogP contribution < -0.4 is 5.32 Å². The van der Waals surface area contributed by atoms with Crippen LogP contribution in [0.15, 0.2) is 30.5 Å². The first-order chi connectivity index (χ1) is 8.16. The molecule has 1 aromatic heterocycles. The highest BCUT2D eigenvalue weighted by molar-refractivity contribution is 5.95. The molecule has 0 spiro atoms. The second-order valence-electron chi connectivity index (χ2n) is 3.85. The summed E-state index contributed by atoms with van der Waals surface area (Å²) in [6.07, 6.45) is 7.01. The molecule has 0 saturated carbocycles. The number of carbonyl (C=O) groups excluding carboxylic acids is 1. The summed E-state index contributed by atoms with van der Waals surface area (Å²) < 4.78 is 0. The zero-order valence-electron chi connectivity index (χ0n) is 9.09. The summed E-state index contributed by atoms with van der Waals surface area (Å²) in [5.74, 6) is -1.32. The Morgan fingerprint density at radius 1 is 1.29 bits per heavy atom. The standard InChI is InChI=1S/C12H12N2O3/c15-11(14-9-3-1-2-4-9)8-5-6-10(12(16)17)13-7-8/h1-2,5-7,9H,3-4H2,(H,14,15)(H,16,17). The minimum Gasteiger partial charge on any atom is -0.477 e. The van der Waals surface area contributed by atoms with Crippen LogP contribution in [0.5, 0.6) is 0 Å². The van der Waals surface area contributed by atoms with E-state index in [1.54, 1.807) is 0 Å². The molecule has 17 heavy (non-hydrogen) atoms. The molecule has 0 radical (unpaired) electrons. The highest BCUT2D eigenvalue weighted by Crippen LogP contribution is 2.10. The Bertz CT molecular complexity index is 457. The normalized spacial score (nSPS) is 14.8. The molecule has 1 aromatic rings. The van der Waals surface area contributed by atoms with Gasteiger partial charge in [-0.25, -0.2) is 9.78 Å². The van der Waals surface area contributed by atoms with Crippen molar-refractivity contribution >= 4 is 11.9 Å². The molecule has 0 aromatic carbocycles. The van der Waals surface area contributed by atoms with Gasteiger partial charge in [0.25, 0.3) is 5.91 Å². The van der Waals surface area contributed by atoms with Gasteiger partial charge < -0.3 is 10.4 Å². The van der Waals surface area contributed by atoms with Gasteiger partial charge in [0.15, 0.2) is 0 Å². The monoisotopic (exact) mass is 232 g/mol. The fourth-order valence-corrected chi connectivity index (χ4v) is 1.66. The summed E-state index contributed by atoms with van der Waals surface area (Å²) >= 11 is 0. The van der Waals surface area contributed by atoms with Crippen molar-refractivity contribution in [2.75, 3.05) is 0 Å². The van der Waals surface area contributed by atoms with Gasteiger partial charge in [0.1, 0.15) is 5.69 Å². The SMILES string of the molecule is O=C(NC1CC=CC1)c1ccc(C(=O)O)nc1. The van der Waals surface area contributed by atoms with Crippen LogP contribution in [-0.2, 0) is 0 Å². The van der Waals surface area contributed by atoms with E-state index >= 15 is 0 Å². The number of hydrogen-bond acceptors (Lipinski definition) is 3. The van der Waals surface area contributed by atoms with Crippen LogP contribution in [-0.4, -0.2) is 28.0 Å². The molecule has 1 heterocycles. The molecule has 0 saturated heterocycles. The van der Waals surface area contributed by atoms with Gasteiger partial charge in [-0.15, -0.1) is 0 Å². The molecular weight excluding hydrogens is 220 g/mol. The van der Waals surface area contributed by atoms with Gasteiger partial charge in [-0.05, 0) is 25.0 Å². The molecule has 1 aliphatic carbocycles. The number of aromatic nitrogens is 1. The summed E-state index contributed by atoms with van der Waals surface area (Å²) in [6.45, 7) is 0. The van der Waals surface area contributed by atoms with Crippen LogP contribution in [0, 0.1) is 0 Å². The van der Waals surface area contributed by atoms with Crippen LogP contribution >= 0.6 is 0 Å². The maximum atomic E-state index is 11.8. The van der Waals surface area contributed by atoms with E-state index < -0.39 is 5.97 Å². The average molecular weight is 232 g/mol. The van der Waals surface area contributed by atoms with E-state index in [2.05, 4.69) is 10.3 Å². The minimum absolute atomic E-state index is 0.0657. The minimum atomic E-state index is -1.10. The summed E-state index contributed by atoms with van der Waals surface area (Å²) in [7, 11) is 0. The Kier molecular flexibility index (Phi) is 3.18. The topological polar surface area (TPSA) is 79.3 Å². The number of amides is 1. The molecule has 2 N–H and O–H groups in total. The van der Waals surface area contributed by atoms with Gasteiger partial charge in [0.05, 0.1) is 5.56 Å². The van der Waals surface area contributed by atoms with E-state index in [1.165, 1.54) is 18.3 Å². The lowest BCUT2D eigenvalue weighted by Gasteiger charge is -2.11. The van der Waals surface area contributed by atoms with E-state index in [-0.39, 0.29) is 17.6 Å². The van der Waals surface area contributed by atoms with Crippen LogP contribution in [0.3, 0.4) is 0 Å². The Morgan fingerprint density at radius 3 is 2.53 bits per heavy atom. The fraction of sp³-hybridized carbons (Fsp3) is 0.250. The second kappa shape index (κ2) is 4.78. The van der Waals surface area contributed by atoms with Crippen LogP contribution in [0.25, 0.3) is 0 Å². The molecule has 5 nitrogen and oxygen atoms in total. The zero-order chi connectivity index (χ0) is 12.3. The Balaban J connectivity index is 2.01. The lowest BCUT2D eigenvalue weighted by atomic mass is 10.2. The second-order valence-corrected chi connectivity index (χ2v) is 3.85. The van der Waals surface area contributed by atoms with E-state index in [1.807, 2.05) is 12.2 Å². The average Bonchev–Trinajstić information content (AvgIpc) is 2.82. The van der Waals surface area contributed by atoms with Crippen molar-refractivity contribution in [2.45, 2.75) is 18.9 Å². The third-order valence-electron chi connectivity index (χ3n) is 2.59. The van der Waals surface area contributed by atoms with Crippen LogP contribution in [0.1, 0.15) is 33.7 Å². The zero-order valence-corrected chi connectivity index (χ0v) is 9.09. The summed E-state index contributed by atoms with van der Waals surface area (Å²) in [5.41, 5.74) is 0.311. The van der Waals surface area contributed by atoms with Crippen molar-refractivity contribution in [2.24, 2.45) is 0 Å². The number of aromatic carboxylic acids is 1. The molecule has 2 rings (SSSR count). The molecule has 0 aliphatic heterocycles. The number of hydrogen-bond donors (Lipinski definition) is 2. The molecule has 1 aliphatic rings. The third-order valence-corrected chi connectivity index (χ3v) is 2.59. The van der Waals surface area contributed by atoms with Gasteiger partial charge in [0.2, 0.25) is 0 Å². The van der Waals surface area contributed by atoms with E-state index in [0.29, 0.717) is 5.56 Å². The summed E-state index contributed by atoms with van der Waals surface area (Å²) in [5, 5.41) is 11.5. The highest BCUT2D eigenvalue weighted by atomic mass is 16.4. The van der Waals surface area contributed by atoms with Crippen molar-refractivity contribution in [3.63, 3.8) is 0 Å². The first-order valence-electron chi connectivity index (χ1n) is 5.32. The third kappa shape index (κ3) is 2.69. The number of rotatable bonds is 3. The maximum Gasteiger partial charge on any atom is 0.354 e. The Labute approximate surface area is 98.2 Å². The predicted molar refractivity (Wildman–Crippen MR) is 60.8 cm³/mol. The first-order valence-corrected chi connectivity index (χ1v) is 5.32. The number of nitrogens with one attached hydrogen (secondary N) is 1. The maximum absolute atomic E-state index is 11.8. The van der Waals surface area contributed by atoms with E-state index in [9.17, 15) is 9.59 Å². The summed E-state index contributed by atoms with van der Waals surface area (Å²) in [4.78, 5) is 26.0. The largest absolute Gasteiger partial charge is 0.477 e. The fourth-order valence-electron chi connectivity index (χ4n) is 1.66. The van der Waals surface area contributed by atoms with Gasteiger partial charge in [0, 0.05) is 12.2 Å². The Hall–Kier alpha value is -2.17. The van der Waals surface area contributed by atoms with Gasteiger partial charge >= 0.3 is 5.97 Å². The van der Waals surface area contributed by atoms with Gasteiger partial charge in [-0.2, -0.15) is 0 Å². The number of carbonyl (C=O) groups is 2. The van der Waals surface area contributed by atoms with Crippen molar-refractivity contribution in [1.29, 1.82) is 0 Å². The van der Waals surface area contributed by atoms with Crippen LogP contribution in [0.2, 0.25) is 0 Å². The van der Waals surface area contributed by atoms with E-state index in [4.69, 9.17) is 5.11 Å². The molecule has 0 bridgehead atoms. The molecule has 0 fully saturated rings. The van der Waals surface area contributed by atoms with Gasteiger partial charge in [-0.1, -0.05) is 12.2 Å². The van der Waals surface area contributed by atoms with Crippen molar-refractivity contribution in [1.82, 2.24) is 10.3 Å². The number of pyridine rings is 1. The molecular formula is C12H12N2O3.